The Balaban J connectivity index is 1.00. The van der Waals surface area contributed by atoms with Gasteiger partial charge in [-0.2, -0.15) is 0 Å². The van der Waals surface area contributed by atoms with E-state index >= 15 is 0 Å². The maximum absolute atomic E-state index is 2.53. The molecule has 14 aromatic rings. The summed E-state index contributed by atoms with van der Waals surface area (Å²) in [5, 5.41) is 4.84. The number of fused-ring (bicyclic) bond motifs is 8. The quantitative estimate of drug-likeness (QED) is 0.113. The van der Waals surface area contributed by atoms with E-state index in [1.54, 1.807) is 0 Å². The number of benzene rings is 14. The van der Waals surface area contributed by atoms with Crippen LogP contribution in [0.2, 0.25) is 0 Å². The first-order valence-corrected chi connectivity index (χ1v) is 32.0. The van der Waals surface area contributed by atoms with Gasteiger partial charge in [-0.15, -0.1) is 0 Å². The molecular weight excluding hydrogens is 1100 g/mol. The van der Waals surface area contributed by atoms with Crippen LogP contribution in [0.4, 0.5) is 34.1 Å². The van der Waals surface area contributed by atoms with Gasteiger partial charge in [-0.1, -0.05) is 284 Å². The molecule has 14 aromatic carbocycles. The molecule has 0 aromatic heterocycles. The zero-order chi connectivity index (χ0) is 61.8. The van der Waals surface area contributed by atoms with Gasteiger partial charge in [-0.25, -0.2) is 0 Å². The Morgan fingerprint density at radius 2 is 0.582 bits per heavy atom. The highest BCUT2D eigenvalue weighted by Crippen LogP contribution is 2.62. The monoisotopic (exact) mass is 1170 g/mol. The zero-order valence-corrected chi connectivity index (χ0v) is 52.6. The van der Waals surface area contributed by atoms with Crippen molar-refractivity contribution in [2.45, 2.75) is 57.8 Å². The van der Waals surface area contributed by atoms with Gasteiger partial charge in [0, 0.05) is 34.1 Å². The summed E-state index contributed by atoms with van der Waals surface area (Å²) in [4.78, 5) is 4.98. The maximum atomic E-state index is 2.53. The molecule has 1 aliphatic carbocycles. The van der Waals surface area contributed by atoms with E-state index in [4.69, 9.17) is 0 Å². The van der Waals surface area contributed by atoms with Crippen molar-refractivity contribution in [2.75, 3.05) is 9.80 Å². The molecule has 438 valence electrons. The van der Waals surface area contributed by atoms with Crippen LogP contribution >= 0.6 is 0 Å². The maximum Gasteiger partial charge on any atom is 0.0720 e. The van der Waals surface area contributed by atoms with E-state index in [-0.39, 0.29) is 10.8 Å². The lowest BCUT2D eigenvalue weighted by Crippen LogP contribution is -2.29. The zero-order valence-electron chi connectivity index (χ0n) is 52.6. The SMILES string of the molecule is CC(C)(C)c1ccc(N(c2cc(-c3ccccc3)cc(-c3ccccc3)c2)c2ccc3c(c2)C(c2ccccc2)(c2ccccc2)c2c-3c3ccccc3c3cc(N(c4ccc(C(C)(C)C)cc4)c4cc(-c5ccccc5)cc(-c5ccccc5)c4)ccc23)cc1. The predicted octanol–water partition coefficient (Wildman–Crippen LogP) is 24.6. The Labute approximate surface area is 536 Å². The van der Waals surface area contributed by atoms with Crippen molar-refractivity contribution in [1.29, 1.82) is 0 Å². The second-order valence-electron chi connectivity index (χ2n) is 26.5. The first-order valence-electron chi connectivity index (χ1n) is 32.0. The molecule has 0 aliphatic heterocycles. The van der Waals surface area contributed by atoms with E-state index < -0.39 is 5.41 Å². The van der Waals surface area contributed by atoms with Crippen molar-refractivity contribution >= 4 is 55.7 Å². The lowest BCUT2D eigenvalue weighted by molar-refractivity contribution is 0.590. The van der Waals surface area contributed by atoms with Crippen LogP contribution < -0.4 is 9.80 Å². The van der Waals surface area contributed by atoms with E-state index in [2.05, 4.69) is 379 Å². The summed E-state index contributed by atoms with van der Waals surface area (Å²) in [6, 6.07) is 122. The van der Waals surface area contributed by atoms with Gasteiger partial charge in [0.2, 0.25) is 0 Å². The third-order valence-electron chi connectivity index (χ3n) is 18.8. The fourth-order valence-electron chi connectivity index (χ4n) is 14.2. The topological polar surface area (TPSA) is 6.48 Å². The molecule has 2 heteroatoms. The summed E-state index contributed by atoms with van der Waals surface area (Å²) in [6.45, 7) is 13.8. The minimum Gasteiger partial charge on any atom is -0.310 e. The van der Waals surface area contributed by atoms with Gasteiger partial charge in [-0.3, -0.25) is 0 Å². The molecule has 0 radical (unpaired) electrons. The van der Waals surface area contributed by atoms with E-state index in [0.717, 1.165) is 56.4 Å². The summed E-state index contributed by atoms with van der Waals surface area (Å²) < 4.78 is 0. The molecule has 91 heavy (non-hydrogen) atoms. The Kier molecular flexibility index (Phi) is 14.3. The molecule has 0 fully saturated rings. The van der Waals surface area contributed by atoms with Crippen molar-refractivity contribution in [3.63, 3.8) is 0 Å². The van der Waals surface area contributed by atoms with Crippen LogP contribution in [-0.4, -0.2) is 0 Å². The fraction of sp³-hybridized carbons (Fsp3) is 0.101. The highest BCUT2D eigenvalue weighted by Gasteiger charge is 2.48. The van der Waals surface area contributed by atoms with E-state index in [1.165, 1.54) is 88.3 Å². The second kappa shape index (κ2) is 23.0. The number of hydrogen-bond donors (Lipinski definition) is 0. The van der Waals surface area contributed by atoms with Crippen molar-refractivity contribution in [2.24, 2.45) is 0 Å². The minimum atomic E-state index is -0.771. The van der Waals surface area contributed by atoms with Crippen molar-refractivity contribution < 1.29 is 0 Å². The van der Waals surface area contributed by atoms with Gasteiger partial charge in [-0.05, 0) is 206 Å². The first-order chi connectivity index (χ1) is 44.4. The molecule has 1 aliphatic rings. The van der Waals surface area contributed by atoms with Crippen LogP contribution in [-0.2, 0) is 16.2 Å². The van der Waals surface area contributed by atoms with Gasteiger partial charge in [0.15, 0.2) is 0 Å². The molecule has 0 saturated carbocycles. The number of hydrogen-bond acceptors (Lipinski definition) is 2. The normalized spacial score (nSPS) is 12.6. The average Bonchev–Trinajstić information content (AvgIpc) is 1.53. The molecule has 0 N–H and O–H groups in total. The van der Waals surface area contributed by atoms with Crippen LogP contribution in [0.25, 0.3) is 77.2 Å². The fourth-order valence-corrected chi connectivity index (χ4v) is 14.2. The first kappa shape index (κ1) is 56.7. The highest BCUT2D eigenvalue weighted by atomic mass is 15.1. The summed E-state index contributed by atoms with van der Waals surface area (Å²) in [6.07, 6.45) is 0. The number of nitrogens with zero attached hydrogens (tertiary/aromatic N) is 2. The largest absolute Gasteiger partial charge is 0.310 e. The summed E-state index contributed by atoms with van der Waals surface area (Å²) in [5.41, 5.74) is 25.0. The molecule has 15 rings (SSSR count). The standard InChI is InChI=1S/C89H72N2/c1-87(2,3)69-41-45-73(46-42-69)90(77-55-65(61-27-13-7-14-28-61)53-66(56-77)62-29-15-8-16-30-62)75-49-51-81-83(59-75)79-39-25-26-40-80(79)85-82-52-50-76(60-84(82)89(86(81)85,71-35-21-11-22-36-71)72-37-23-12-24-38-72)91(74-47-43-70(44-48-74)88(4,5)6)78-57-67(63-31-17-9-18-32-63)54-68(58-78)64-33-19-10-20-34-64/h7-60H,1-6H3. The van der Waals surface area contributed by atoms with Gasteiger partial charge >= 0.3 is 0 Å². The van der Waals surface area contributed by atoms with Crippen molar-refractivity contribution in [1.82, 2.24) is 0 Å². The molecule has 0 saturated heterocycles. The highest BCUT2D eigenvalue weighted by molar-refractivity contribution is 6.20. The third kappa shape index (κ3) is 10.3. The van der Waals surface area contributed by atoms with E-state index in [0.29, 0.717) is 0 Å². The number of anilines is 6. The average molecular weight is 1170 g/mol. The van der Waals surface area contributed by atoms with Crippen LogP contribution in [0, 0.1) is 0 Å². The van der Waals surface area contributed by atoms with Crippen molar-refractivity contribution in [3.05, 3.63) is 361 Å². The van der Waals surface area contributed by atoms with Crippen LogP contribution in [0.1, 0.15) is 74.9 Å². The molecule has 0 unspecified atom stereocenters. The molecular formula is C89H72N2. The third-order valence-corrected chi connectivity index (χ3v) is 18.8. The van der Waals surface area contributed by atoms with Crippen LogP contribution in [0.5, 0.6) is 0 Å². The summed E-state index contributed by atoms with van der Waals surface area (Å²) in [7, 11) is 0. The molecule has 0 amide bonds. The van der Waals surface area contributed by atoms with Gasteiger partial charge in [0.1, 0.15) is 0 Å². The number of rotatable bonds is 12. The molecule has 0 spiro atoms. The molecule has 0 bridgehead atoms. The summed E-state index contributed by atoms with van der Waals surface area (Å²) in [5.74, 6) is 0. The lowest BCUT2D eigenvalue weighted by atomic mass is 9.66. The Morgan fingerprint density at radius 3 is 0.978 bits per heavy atom. The molecule has 0 heterocycles. The predicted molar refractivity (Wildman–Crippen MR) is 387 cm³/mol. The second-order valence-corrected chi connectivity index (χ2v) is 26.5. The van der Waals surface area contributed by atoms with Gasteiger partial charge in [0.05, 0.1) is 5.41 Å². The van der Waals surface area contributed by atoms with E-state index in [9.17, 15) is 0 Å². The molecule has 0 atom stereocenters. The molecule has 2 nitrogen and oxygen atoms in total. The summed E-state index contributed by atoms with van der Waals surface area (Å²) >= 11 is 0. The van der Waals surface area contributed by atoms with Crippen LogP contribution in [0.15, 0.2) is 328 Å². The Hall–Kier alpha value is -10.8. The van der Waals surface area contributed by atoms with E-state index in [1.807, 2.05) is 0 Å². The lowest BCUT2D eigenvalue weighted by Gasteiger charge is -2.36. The Morgan fingerprint density at radius 1 is 0.242 bits per heavy atom. The van der Waals surface area contributed by atoms with Crippen LogP contribution in [0.3, 0.4) is 0 Å². The smallest absolute Gasteiger partial charge is 0.0720 e. The Bertz CT molecular complexity index is 4790. The van der Waals surface area contributed by atoms with Gasteiger partial charge < -0.3 is 9.80 Å². The van der Waals surface area contributed by atoms with Crippen molar-refractivity contribution in [3.8, 4) is 55.6 Å². The minimum absolute atomic E-state index is 0.0169. The van der Waals surface area contributed by atoms with Gasteiger partial charge in [0.25, 0.3) is 0 Å².